The summed E-state index contributed by atoms with van der Waals surface area (Å²) in [6, 6.07) is 0. The number of hydrogen-bond donors (Lipinski definition) is 0. The molecule has 0 amide bonds. The average Bonchev–Trinajstić information content (AvgIpc) is 1.87. The van der Waals surface area contributed by atoms with Gasteiger partial charge in [-0.1, -0.05) is 13.8 Å². The molecule has 0 aliphatic heterocycles. The van der Waals surface area contributed by atoms with Gasteiger partial charge in [0.2, 0.25) is 0 Å². The van der Waals surface area contributed by atoms with Crippen molar-refractivity contribution in [2.75, 3.05) is 0 Å². The number of nitrogens with zero attached hydrogens (tertiary/aromatic N) is 1. The van der Waals surface area contributed by atoms with Gasteiger partial charge in [-0.2, -0.15) is 0 Å². The first-order chi connectivity index (χ1) is 4.56. The average molecular weight is 161 g/mol. The SMILES string of the molecule is C/C=N/SC(C)(C)C.CC. The van der Waals surface area contributed by atoms with E-state index in [0.29, 0.717) is 0 Å². The Hall–Kier alpha value is 0.0200. The van der Waals surface area contributed by atoms with Crippen molar-refractivity contribution in [2.24, 2.45) is 4.40 Å². The minimum atomic E-state index is 0.270. The molecule has 0 spiro atoms. The van der Waals surface area contributed by atoms with Crippen LogP contribution in [0.3, 0.4) is 0 Å². The zero-order valence-electron chi connectivity index (χ0n) is 7.93. The second-order valence-electron chi connectivity index (χ2n) is 2.57. The van der Waals surface area contributed by atoms with Crippen molar-refractivity contribution < 1.29 is 0 Å². The van der Waals surface area contributed by atoms with Crippen molar-refractivity contribution >= 4 is 18.2 Å². The van der Waals surface area contributed by atoms with E-state index < -0.39 is 0 Å². The fraction of sp³-hybridized carbons (Fsp3) is 0.875. The van der Waals surface area contributed by atoms with Crippen molar-refractivity contribution in [3.63, 3.8) is 0 Å². The topological polar surface area (TPSA) is 12.4 Å². The third-order valence-electron chi connectivity index (χ3n) is 0.432. The molecular formula is C8H19NS. The van der Waals surface area contributed by atoms with Crippen LogP contribution < -0.4 is 0 Å². The quantitative estimate of drug-likeness (QED) is 0.423. The molecule has 0 aliphatic carbocycles. The van der Waals surface area contributed by atoms with Crippen LogP contribution in [0.15, 0.2) is 4.40 Å². The first-order valence-corrected chi connectivity index (χ1v) is 4.50. The van der Waals surface area contributed by atoms with Gasteiger partial charge in [0, 0.05) is 11.0 Å². The second-order valence-corrected chi connectivity index (χ2v) is 4.19. The summed E-state index contributed by atoms with van der Waals surface area (Å²) in [6.45, 7) is 12.4. The third-order valence-corrected chi connectivity index (χ3v) is 1.30. The number of hydrogen-bond acceptors (Lipinski definition) is 2. The molecular weight excluding hydrogens is 142 g/mol. The molecule has 10 heavy (non-hydrogen) atoms. The second kappa shape index (κ2) is 7.13. The van der Waals surface area contributed by atoms with Crippen LogP contribution in [0.1, 0.15) is 41.5 Å². The lowest BCUT2D eigenvalue weighted by Crippen LogP contribution is -2.04. The lowest BCUT2D eigenvalue weighted by molar-refractivity contribution is 0.804. The lowest BCUT2D eigenvalue weighted by atomic mass is 10.3. The van der Waals surface area contributed by atoms with Gasteiger partial charge in [0.25, 0.3) is 0 Å². The Bertz CT molecular complexity index is 81.7. The Balaban J connectivity index is 0. The van der Waals surface area contributed by atoms with E-state index in [1.165, 1.54) is 0 Å². The van der Waals surface area contributed by atoms with Crippen molar-refractivity contribution in [1.29, 1.82) is 0 Å². The summed E-state index contributed by atoms with van der Waals surface area (Å²) >= 11 is 1.60. The summed E-state index contributed by atoms with van der Waals surface area (Å²) in [7, 11) is 0. The fourth-order valence-electron chi connectivity index (χ4n) is 0.211. The highest BCUT2D eigenvalue weighted by atomic mass is 32.2. The minimum absolute atomic E-state index is 0.270. The lowest BCUT2D eigenvalue weighted by Gasteiger charge is -2.11. The smallest absolute Gasteiger partial charge is 0.0294 e. The summed E-state index contributed by atoms with van der Waals surface area (Å²) in [5.74, 6) is 0. The molecule has 0 aromatic heterocycles. The van der Waals surface area contributed by atoms with Gasteiger partial charge >= 0.3 is 0 Å². The van der Waals surface area contributed by atoms with Crippen LogP contribution in [0.4, 0.5) is 0 Å². The molecule has 2 heteroatoms. The maximum atomic E-state index is 4.03. The highest BCUT2D eigenvalue weighted by molar-refractivity contribution is 7.99. The van der Waals surface area contributed by atoms with E-state index in [1.807, 2.05) is 27.0 Å². The Morgan fingerprint density at radius 3 is 1.70 bits per heavy atom. The molecule has 0 bridgehead atoms. The van der Waals surface area contributed by atoms with E-state index in [-0.39, 0.29) is 4.75 Å². The predicted molar refractivity (Wildman–Crippen MR) is 52.9 cm³/mol. The molecule has 0 aromatic carbocycles. The van der Waals surface area contributed by atoms with Crippen LogP contribution in [-0.2, 0) is 0 Å². The van der Waals surface area contributed by atoms with Crippen LogP contribution in [0.5, 0.6) is 0 Å². The maximum Gasteiger partial charge on any atom is 0.0294 e. The maximum absolute atomic E-state index is 4.03. The Kier molecular flexibility index (Phi) is 9.04. The van der Waals surface area contributed by atoms with Crippen LogP contribution in [-0.4, -0.2) is 11.0 Å². The van der Waals surface area contributed by atoms with E-state index in [9.17, 15) is 0 Å². The minimum Gasteiger partial charge on any atom is -0.229 e. The summed E-state index contributed by atoms with van der Waals surface area (Å²) in [4.78, 5) is 0. The third kappa shape index (κ3) is 15.7. The Morgan fingerprint density at radius 1 is 1.20 bits per heavy atom. The molecule has 0 N–H and O–H groups in total. The Morgan fingerprint density at radius 2 is 1.60 bits per heavy atom. The van der Waals surface area contributed by atoms with Crippen LogP contribution in [0, 0.1) is 0 Å². The summed E-state index contributed by atoms with van der Waals surface area (Å²) in [5.41, 5.74) is 0. The van der Waals surface area contributed by atoms with E-state index in [0.717, 1.165) is 0 Å². The molecule has 1 nitrogen and oxygen atoms in total. The standard InChI is InChI=1S/C6H13NS.C2H6/c1-5-7-8-6(2,3)4;1-2/h5H,1-4H3;1-2H3/b7-5+;. The van der Waals surface area contributed by atoms with Gasteiger partial charge in [0.15, 0.2) is 0 Å². The first kappa shape index (κ1) is 12.7. The predicted octanol–water partition coefficient (Wildman–Crippen LogP) is 3.55. The molecule has 0 saturated carbocycles. The van der Waals surface area contributed by atoms with E-state index in [2.05, 4.69) is 25.2 Å². The van der Waals surface area contributed by atoms with Crippen molar-refractivity contribution in [2.45, 2.75) is 46.3 Å². The summed E-state index contributed by atoms with van der Waals surface area (Å²) in [6.07, 6.45) is 1.82. The van der Waals surface area contributed by atoms with Gasteiger partial charge in [0.05, 0.1) is 0 Å². The van der Waals surface area contributed by atoms with Crippen LogP contribution >= 0.6 is 11.9 Å². The monoisotopic (exact) mass is 161 g/mol. The van der Waals surface area contributed by atoms with Gasteiger partial charge in [-0.15, -0.1) is 0 Å². The zero-order chi connectivity index (χ0) is 8.62. The molecule has 0 unspecified atom stereocenters. The van der Waals surface area contributed by atoms with Crippen molar-refractivity contribution in [3.05, 3.63) is 0 Å². The van der Waals surface area contributed by atoms with E-state index >= 15 is 0 Å². The largest absolute Gasteiger partial charge is 0.229 e. The van der Waals surface area contributed by atoms with E-state index in [4.69, 9.17) is 0 Å². The molecule has 0 rings (SSSR count). The molecule has 0 saturated heterocycles. The molecule has 0 atom stereocenters. The van der Waals surface area contributed by atoms with Gasteiger partial charge in [-0.25, -0.2) is 4.40 Å². The highest BCUT2D eigenvalue weighted by Crippen LogP contribution is 2.23. The highest BCUT2D eigenvalue weighted by Gasteiger charge is 2.08. The van der Waals surface area contributed by atoms with Crippen LogP contribution in [0.2, 0.25) is 0 Å². The first-order valence-electron chi connectivity index (χ1n) is 3.72. The van der Waals surface area contributed by atoms with Gasteiger partial charge < -0.3 is 0 Å². The molecule has 0 aromatic rings. The molecule has 0 aliphatic rings. The van der Waals surface area contributed by atoms with Crippen LogP contribution in [0.25, 0.3) is 0 Å². The van der Waals surface area contributed by atoms with E-state index in [1.54, 1.807) is 11.9 Å². The van der Waals surface area contributed by atoms with Gasteiger partial charge in [0.1, 0.15) is 0 Å². The molecule has 62 valence electrons. The molecule has 0 heterocycles. The van der Waals surface area contributed by atoms with Crippen molar-refractivity contribution in [1.82, 2.24) is 0 Å². The summed E-state index contributed by atoms with van der Waals surface area (Å²) in [5, 5.41) is 0. The zero-order valence-corrected chi connectivity index (χ0v) is 8.75. The fourth-order valence-corrected chi connectivity index (χ4v) is 0.632. The summed E-state index contributed by atoms with van der Waals surface area (Å²) < 4.78 is 4.31. The normalized spacial score (nSPS) is 11.0. The van der Waals surface area contributed by atoms with Gasteiger partial charge in [-0.3, -0.25) is 0 Å². The van der Waals surface area contributed by atoms with Gasteiger partial charge in [-0.05, 0) is 39.6 Å². The number of rotatable bonds is 1. The molecule has 0 radical (unpaired) electrons. The molecule has 0 fully saturated rings. The Labute approximate surface area is 69.5 Å². The van der Waals surface area contributed by atoms with Crippen molar-refractivity contribution in [3.8, 4) is 0 Å².